The molecule has 0 unspecified atom stereocenters. The Kier molecular flexibility index (Phi) is 4.32. The lowest BCUT2D eigenvalue weighted by atomic mass is 9.87. The van der Waals surface area contributed by atoms with Gasteiger partial charge in [0.25, 0.3) is 0 Å². The minimum atomic E-state index is -0.588. The molecule has 114 valence electrons. The van der Waals surface area contributed by atoms with Crippen LogP contribution in [0.4, 0.5) is 11.4 Å². The molecule has 2 amide bonds. The Morgan fingerprint density at radius 1 is 1.38 bits per heavy atom. The summed E-state index contributed by atoms with van der Waals surface area (Å²) in [5.41, 5.74) is 7.13. The molecule has 1 atom stereocenters. The first-order chi connectivity index (χ1) is 9.79. The Morgan fingerprint density at radius 3 is 2.67 bits per heavy atom. The van der Waals surface area contributed by atoms with Crippen LogP contribution < -0.4 is 16.0 Å². The molecular formula is C16H23N3O2. The molecule has 1 saturated heterocycles. The number of rotatable bonds is 3. The molecule has 0 bridgehead atoms. The lowest BCUT2D eigenvalue weighted by Crippen LogP contribution is -2.45. The number of hydrogen-bond acceptors (Lipinski definition) is 3. The fourth-order valence-electron chi connectivity index (χ4n) is 2.29. The van der Waals surface area contributed by atoms with Crippen LogP contribution in [-0.4, -0.2) is 24.4 Å². The van der Waals surface area contributed by atoms with Gasteiger partial charge in [-0.1, -0.05) is 26.8 Å². The van der Waals surface area contributed by atoms with Crippen LogP contribution in [0.3, 0.4) is 0 Å². The average molecular weight is 289 g/mol. The van der Waals surface area contributed by atoms with E-state index in [1.54, 1.807) is 11.0 Å². The Hall–Kier alpha value is -1.88. The van der Waals surface area contributed by atoms with Crippen molar-refractivity contribution in [2.75, 3.05) is 16.8 Å². The second kappa shape index (κ2) is 5.85. The minimum Gasteiger partial charge on any atom is -0.325 e. The first-order valence-electron chi connectivity index (χ1n) is 7.26. The minimum absolute atomic E-state index is 0.130. The monoisotopic (exact) mass is 289 g/mol. The van der Waals surface area contributed by atoms with E-state index in [-0.39, 0.29) is 17.2 Å². The summed E-state index contributed by atoms with van der Waals surface area (Å²) in [6, 6.07) is 6.74. The van der Waals surface area contributed by atoms with Crippen molar-refractivity contribution in [1.82, 2.24) is 0 Å². The van der Waals surface area contributed by atoms with Gasteiger partial charge in [0, 0.05) is 24.3 Å². The van der Waals surface area contributed by atoms with Crippen molar-refractivity contribution >= 4 is 23.2 Å². The molecule has 5 nitrogen and oxygen atoms in total. The molecule has 1 aromatic rings. The Balaban J connectivity index is 2.11. The van der Waals surface area contributed by atoms with Crippen LogP contribution in [0.15, 0.2) is 24.3 Å². The summed E-state index contributed by atoms with van der Waals surface area (Å²) in [7, 11) is 0. The molecule has 1 aromatic carbocycles. The SMILES string of the molecule is CC(C)(C)[C@H](N)C(=O)Nc1cccc(N2CCCC2=O)c1. The van der Waals surface area contributed by atoms with E-state index in [2.05, 4.69) is 5.32 Å². The van der Waals surface area contributed by atoms with Crippen molar-refractivity contribution in [2.45, 2.75) is 39.7 Å². The molecule has 2 rings (SSSR count). The van der Waals surface area contributed by atoms with Gasteiger partial charge in [-0.15, -0.1) is 0 Å². The molecule has 1 fully saturated rings. The summed E-state index contributed by atoms with van der Waals surface area (Å²) in [5, 5.41) is 2.83. The predicted octanol–water partition coefficient (Wildman–Crippen LogP) is 2.13. The van der Waals surface area contributed by atoms with E-state index < -0.39 is 6.04 Å². The molecule has 1 aliphatic heterocycles. The number of nitrogens with two attached hydrogens (primary N) is 1. The van der Waals surface area contributed by atoms with Gasteiger partial charge < -0.3 is 16.0 Å². The zero-order valence-corrected chi connectivity index (χ0v) is 12.8. The molecule has 0 aliphatic carbocycles. The van der Waals surface area contributed by atoms with E-state index in [0.29, 0.717) is 12.1 Å². The van der Waals surface area contributed by atoms with Gasteiger partial charge in [0.15, 0.2) is 0 Å². The second-order valence-electron chi connectivity index (χ2n) is 6.53. The third-order valence-corrected chi connectivity index (χ3v) is 3.71. The molecule has 0 radical (unpaired) electrons. The van der Waals surface area contributed by atoms with Crippen LogP contribution in [0.1, 0.15) is 33.6 Å². The van der Waals surface area contributed by atoms with Crippen LogP contribution in [0.25, 0.3) is 0 Å². The van der Waals surface area contributed by atoms with Gasteiger partial charge in [0.05, 0.1) is 6.04 Å². The van der Waals surface area contributed by atoms with Gasteiger partial charge in [0.1, 0.15) is 0 Å². The fraction of sp³-hybridized carbons (Fsp3) is 0.500. The standard InChI is InChI=1S/C16H23N3O2/c1-16(2,3)14(17)15(21)18-11-6-4-7-12(10-11)19-9-5-8-13(19)20/h4,6-7,10,14H,5,8-9,17H2,1-3H3,(H,18,21)/t14-/m1/s1. The lowest BCUT2D eigenvalue weighted by Gasteiger charge is -2.26. The lowest BCUT2D eigenvalue weighted by molar-refractivity contribution is -0.119. The van der Waals surface area contributed by atoms with Crippen LogP contribution in [0.2, 0.25) is 0 Å². The van der Waals surface area contributed by atoms with Gasteiger partial charge in [0.2, 0.25) is 11.8 Å². The first-order valence-corrected chi connectivity index (χ1v) is 7.26. The summed E-state index contributed by atoms with van der Waals surface area (Å²) in [6.45, 7) is 6.52. The van der Waals surface area contributed by atoms with Crippen molar-refractivity contribution in [3.05, 3.63) is 24.3 Å². The van der Waals surface area contributed by atoms with Gasteiger partial charge in [-0.25, -0.2) is 0 Å². The summed E-state index contributed by atoms with van der Waals surface area (Å²) in [5.74, 6) is -0.0859. The zero-order chi connectivity index (χ0) is 15.6. The van der Waals surface area contributed by atoms with Gasteiger partial charge >= 0.3 is 0 Å². The van der Waals surface area contributed by atoms with E-state index >= 15 is 0 Å². The molecular weight excluding hydrogens is 266 g/mol. The largest absolute Gasteiger partial charge is 0.325 e. The summed E-state index contributed by atoms with van der Waals surface area (Å²) in [6.07, 6.45) is 1.47. The highest BCUT2D eigenvalue weighted by molar-refractivity contribution is 5.98. The highest BCUT2D eigenvalue weighted by atomic mass is 16.2. The second-order valence-corrected chi connectivity index (χ2v) is 6.53. The molecule has 0 spiro atoms. The zero-order valence-electron chi connectivity index (χ0n) is 12.8. The Labute approximate surface area is 125 Å². The van der Waals surface area contributed by atoms with E-state index in [1.165, 1.54) is 0 Å². The molecule has 3 N–H and O–H groups in total. The van der Waals surface area contributed by atoms with Gasteiger partial charge in [-0.05, 0) is 30.0 Å². The van der Waals surface area contributed by atoms with Crippen molar-refractivity contribution in [1.29, 1.82) is 0 Å². The van der Waals surface area contributed by atoms with Gasteiger partial charge in [-0.2, -0.15) is 0 Å². The van der Waals surface area contributed by atoms with Crippen molar-refractivity contribution < 1.29 is 9.59 Å². The Bertz CT molecular complexity index is 549. The van der Waals surface area contributed by atoms with E-state index in [1.807, 2.05) is 39.0 Å². The third kappa shape index (κ3) is 3.61. The number of nitrogens with one attached hydrogen (secondary N) is 1. The molecule has 1 heterocycles. The number of nitrogens with zero attached hydrogens (tertiary/aromatic N) is 1. The smallest absolute Gasteiger partial charge is 0.241 e. The van der Waals surface area contributed by atoms with Crippen LogP contribution in [0.5, 0.6) is 0 Å². The number of hydrogen-bond donors (Lipinski definition) is 2. The van der Waals surface area contributed by atoms with Crippen molar-refractivity contribution in [3.63, 3.8) is 0 Å². The molecule has 0 saturated carbocycles. The highest BCUT2D eigenvalue weighted by Gasteiger charge is 2.27. The quantitative estimate of drug-likeness (QED) is 0.895. The predicted molar refractivity (Wildman–Crippen MR) is 84.1 cm³/mol. The van der Waals surface area contributed by atoms with Crippen LogP contribution in [0, 0.1) is 5.41 Å². The summed E-state index contributed by atoms with van der Waals surface area (Å²) >= 11 is 0. The maximum atomic E-state index is 12.1. The average Bonchev–Trinajstić information content (AvgIpc) is 2.83. The number of benzene rings is 1. The fourth-order valence-corrected chi connectivity index (χ4v) is 2.29. The number of anilines is 2. The maximum Gasteiger partial charge on any atom is 0.241 e. The summed E-state index contributed by atoms with van der Waals surface area (Å²) < 4.78 is 0. The first kappa shape index (κ1) is 15.5. The number of carbonyl (C=O) groups is 2. The molecule has 21 heavy (non-hydrogen) atoms. The highest BCUT2D eigenvalue weighted by Crippen LogP contribution is 2.25. The number of carbonyl (C=O) groups excluding carboxylic acids is 2. The van der Waals surface area contributed by atoms with Gasteiger partial charge in [-0.3, -0.25) is 9.59 Å². The van der Waals surface area contributed by atoms with Crippen molar-refractivity contribution in [2.24, 2.45) is 11.1 Å². The Morgan fingerprint density at radius 2 is 2.10 bits per heavy atom. The molecule has 0 aromatic heterocycles. The third-order valence-electron chi connectivity index (χ3n) is 3.71. The topological polar surface area (TPSA) is 75.4 Å². The van der Waals surface area contributed by atoms with E-state index in [9.17, 15) is 9.59 Å². The van der Waals surface area contributed by atoms with Crippen LogP contribution in [-0.2, 0) is 9.59 Å². The van der Waals surface area contributed by atoms with E-state index in [0.717, 1.165) is 18.7 Å². The normalized spacial score (nSPS) is 17.0. The summed E-state index contributed by atoms with van der Waals surface area (Å²) in [4.78, 5) is 25.7. The molecule has 1 aliphatic rings. The van der Waals surface area contributed by atoms with Crippen molar-refractivity contribution in [3.8, 4) is 0 Å². The van der Waals surface area contributed by atoms with E-state index in [4.69, 9.17) is 5.73 Å². The maximum absolute atomic E-state index is 12.1. The molecule has 5 heteroatoms. The number of amides is 2. The van der Waals surface area contributed by atoms with Crippen LogP contribution >= 0.6 is 0 Å².